The number of phenolic OH excluding ortho intramolecular Hbond substituents is 1. The molecule has 1 unspecified atom stereocenters. The second-order valence-corrected chi connectivity index (χ2v) is 3.21. The maximum absolute atomic E-state index is 10.7. The minimum absolute atomic E-state index is 0.0674. The van der Waals surface area contributed by atoms with Crippen molar-refractivity contribution < 1.29 is 19.8 Å². The van der Waals surface area contributed by atoms with E-state index in [2.05, 4.69) is 0 Å². The molecule has 0 radical (unpaired) electrons. The summed E-state index contributed by atoms with van der Waals surface area (Å²) in [7, 11) is 0. The molecule has 1 rings (SSSR count). The first-order valence-corrected chi connectivity index (χ1v) is 4.28. The molecule has 0 aliphatic rings. The first kappa shape index (κ1) is 11.2. The van der Waals surface area contributed by atoms with E-state index < -0.39 is 12.0 Å². The molecule has 5 nitrogen and oxygen atoms in total. The average molecular weight is 209 g/mol. The second kappa shape index (κ2) is 4.10. The Bertz CT molecular complexity index is 412. The van der Waals surface area contributed by atoms with Crippen LogP contribution in [-0.4, -0.2) is 22.5 Å². The van der Waals surface area contributed by atoms with E-state index in [1.807, 2.05) is 0 Å². The minimum atomic E-state index is -1.17. The van der Waals surface area contributed by atoms with E-state index in [0.29, 0.717) is 6.29 Å². The Kier molecular flexibility index (Phi) is 3.06. The monoisotopic (exact) mass is 209 g/mol. The van der Waals surface area contributed by atoms with Crippen LogP contribution in [0.15, 0.2) is 12.1 Å². The maximum atomic E-state index is 10.7. The first-order chi connectivity index (χ1) is 6.97. The van der Waals surface area contributed by atoms with Crippen LogP contribution in [0.25, 0.3) is 0 Å². The van der Waals surface area contributed by atoms with Gasteiger partial charge in [-0.05, 0) is 19.1 Å². The van der Waals surface area contributed by atoms with Crippen LogP contribution < -0.4 is 5.73 Å². The quantitative estimate of drug-likeness (QED) is 0.642. The third kappa shape index (κ3) is 2.13. The fourth-order valence-electron chi connectivity index (χ4n) is 1.24. The highest BCUT2D eigenvalue weighted by molar-refractivity contribution is 5.92. The number of hydrogen-bond acceptors (Lipinski definition) is 4. The van der Waals surface area contributed by atoms with Crippen LogP contribution in [0.4, 0.5) is 0 Å². The van der Waals surface area contributed by atoms with Gasteiger partial charge in [-0.15, -0.1) is 0 Å². The number of carbonyl (C=O) groups is 2. The zero-order valence-corrected chi connectivity index (χ0v) is 8.10. The molecule has 0 aliphatic heterocycles. The molecule has 0 spiro atoms. The zero-order chi connectivity index (χ0) is 11.6. The van der Waals surface area contributed by atoms with Crippen molar-refractivity contribution >= 4 is 12.3 Å². The Morgan fingerprint density at radius 3 is 2.53 bits per heavy atom. The molecule has 0 saturated heterocycles. The number of hydrogen-bond donors (Lipinski definition) is 3. The van der Waals surface area contributed by atoms with Gasteiger partial charge >= 0.3 is 5.97 Å². The molecule has 0 aliphatic carbocycles. The second-order valence-electron chi connectivity index (χ2n) is 3.21. The molecule has 1 atom stereocenters. The van der Waals surface area contributed by atoms with Gasteiger partial charge in [-0.2, -0.15) is 0 Å². The summed E-state index contributed by atoms with van der Waals surface area (Å²) >= 11 is 0. The Balaban J connectivity index is 3.45. The number of aldehydes is 1. The summed E-state index contributed by atoms with van der Waals surface area (Å²) in [5, 5.41) is 18.3. The minimum Gasteiger partial charge on any atom is -0.507 e. The Morgan fingerprint density at radius 2 is 2.13 bits per heavy atom. The van der Waals surface area contributed by atoms with Crippen molar-refractivity contribution in [2.45, 2.75) is 13.0 Å². The number of benzene rings is 1. The van der Waals surface area contributed by atoms with Crippen molar-refractivity contribution in [1.82, 2.24) is 0 Å². The molecule has 0 bridgehead atoms. The van der Waals surface area contributed by atoms with Crippen molar-refractivity contribution in [3.8, 4) is 5.75 Å². The molecule has 0 aromatic heterocycles. The predicted molar refractivity (Wildman–Crippen MR) is 53.1 cm³/mol. The molecule has 0 amide bonds. The Hall–Kier alpha value is -1.88. The number of nitrogens with two attached hydrogens (primary N) is 1. The molecule has 1 aromatic rings. The number of carbonyl (C=O) groups excluding carboxylic acids is 1. The number of carboxylic acids is 1. The lowest BCUT2D eigenvalue weighted by Crippen LogP contribution is -2.09. The molecule has 1 aromatic carbocycles. The van der Waals surface area contributed by atoms with E-state index in [-0.39, 0.29) is 22.4 Å². The van der Waals surface area contributed by atoms with Crippen LogP contribution in [-0.2, 0) is 0 Å². The summed E-state index contributed by atoms with van der Waals surface area (Å²) in [4.78, 5) is 21.3. The van der Waals surface area contributed by atoms with Crippen LogP contribution in [0.1, 0.15) is 39.2 Å². The van der Waals surface area contributed by atoms with Crippen LogP contribution in [0.5, 0.6) is 5.75 Å². The highest BCUT2D eigenvalue weighted by Gasteiger charge is 2.15. The van der Waals surface area contributed by atoms with Crippen LogP contribution in [0.3, 0.4) is 0 Å². The first-order valence-electron chi connectivity index (χ1n) is 4.28. The van der Waals surface area contributed by atoms with Gasteiger partial charge in [0.1, 0.15) is 5.75 Å². The third-order valence-electron chi connectivity index (χ3n) is 2.03. The van der Waals surface area contributed by atoms with Crippen molar-refractivity contribution in [1.29, 1.82) is 0 Å². The summed E-state index contributed by atoms with van der Waals surface area (Å²) in [6.07, 6.45) is 0.396. The fourth-order valence-corrected chi connectivity index (χ4v) is 1.24. The van der Waals surface area contributed by atoms with E-state index >= 15 is 0 Å². The molecule has 80 valence electrons. The van der Waals surface area contributed by atoms with Crippen molar-refractivity contribution in [3.05, 3.63) is 28.8 Å². The lowest BCUT2D eigenvalue weighted by atomic mass is 10.0. The molecule has 0 heterocycles. The maximum Gasteiger partial charge on any atom is 0.335 e. The average Bonchev–Trinajstić information content (AvgIpc) is 2.17. The van der Waals surface area contributed by atoms with Gasteiger partial charge in [0.25, 0.3) is 0 Å². The molecular formula is C10H11NO4. The number of phenols is 1. The summed E-state index contributed by atoms with van der Waals surface area (Å²) < 4.78 is 0. The summed E-state index contributed by atoms with van der Waals surface area (Å²) in [6.45, 7) is 1.59. The Morgan fingerprint density at radius 1 is 1.53 bits per heavy atom. The van der Waals surface area contributed by atoms with Crippen molar-refractivity contribution in [2.75, 3.05) is 0 Å². The predicted octanol–water partition coefficient (Wildman–Crippen LogP) is 0.923. The van der Waals surface area contributed by atoms with E-state index in [1.165, 1.54) is 6.07 Å². The summed E-state index contributed by atoms with van der Waals surface area (Å²) in [5.74, 6) is -1.43. The van der Waals surface area contributed by atoms with Gasteiger partial charge < -0.3 is 15.9 Å². The van der Waals surface area contributed by atoms with E-state index in [0.717, 1.165) is 6.07 Å². The highest BCUT2D eigenvalue weighted by atomic mass is 16.4. The van der Waals surface area contributed by atoms with E-state index in [4.69, 9.17) is 10.8 Å². The normalized spacial score (nSPS) is 12.1. The summed E-state index contributed by atoms with van der Waals surface area (Å²) in [5.41, 5.74) is 5.65. The number of rotatable bonds is 3. The van der Waals surface area contributed by atoms with E-state index in [1.54, 1.807) is 6.92 Å². The third-order valence-corrected chi connectivity index (χ3v) is 2.03. The molecular weight excluding hydrogens is 198 g/mol. The van der Waals surface area contributed by atoms with Gasteiger partial charge in [-0.1, -0.05) is 0 Å². The summed E-state index contributed by atoms with van der Waals surface area (Å²) in [6, 6.07) is 1.83. The molecule has 15 heavy (non-hydrogen) atoms. The van der Waals surface area contributed by atoms with Gasteiger partial charge in [-0.25, -0.2) is 4.79 Å². The Labute approximate surface area is 86.1 Å². The number of aromatic carboxylic acids is 1. The van der Waals surface area contributed by atoms with Crippen LogP contribution in [0, 0.1) is 0 Å². The van der Waals surface area contributed by atoms with Crippen LogP contribution in [0.2, 0.25) is 0 Å². The van der Waals surface area contributed by atoms with Crippen molar-refractivity contribution in [3.63, 3.8) is 0 Å². The highest BCUT2D eigenvalue weighted by Crippen LogP contribution is 2.27. The standard InChI is InChI=1S/C10H11NO4/c1-5(11)8-3-6(10(14)15)2-7(4-12)9(8)13/h2-5,13H,11H2,1H3,(H,14,15). The lowest BCUT2D eigenvalue weighted by molar-refractivity contribution is 0.0696. The molecule has 4 N–H and O–H groups in total. The number of aromatic hydroxyl groups is 1. The smallest absolute Gasteiger partial charge is 0.335 e. The number of carboxylic acid groups (broad SMARTS) is 1. The van der Waals surface area contributed by atoms with Gasteiger partial charge in [-0.3, -0.25) is 4.79 Å². The zero-order valence-electron chi connectivity index (χ0n) is 8.10. The van der Waals surface area contributed by atoms with Gasteiger partial charge in [0, 0.05) is 11.6 Å². The largest absolute Gasteiger partial charge is 0.507 e. The van der Waals surface area contributed by atoms with Crippen LogP contribution >= 0.6 is 0 Å². The fraction of sp³-hybridized carbons (Fsp3) is 0.200. The van der Waals surface area contributed by atoms with Gasteiger partial charge in [0.2, 0.25) is 0 Å². The molecule has 0 saturated carbocycles. The lowest BCUT2D eigenvalue weighted by Gasteiger charge is -2.11. The van der Waals surface area contributed by atoms with Gasteiger partial charge in [0.05, 0.1) is 11.1 Å². The SMILES string of the molecule is CC(N)c1cc(C(=O)O)cc(C=O)c1O. The molecule has 5 heteroatoms. The van der Waals surface area contributed by atoms with E-state index in [9.17, 15) is 14.7 Å². The van der Waals surface area contributed by atoms with Gasteiger partial charge in [0.15, 0.2) is 6.29 Å². The van der Waals surface area contributed by atoms with Crippen molar-refractivity contribution in [2.24, 2.45) is 5.73 Å². The topological polar surface area (TPSA) is 101 Å². The molecule has 0 fully saturated rings.